The van der Waals surface area contributed by atoms with Crippen molar-refractivity contribution in [2.75, 3.05) is 5.32 Å². The van der Waals surface area contributed by atoms with Gasteiger partial charge in [0, 0.05) is 12.1 Å². The second-order valence-corrected chi connectivity index (χ2v) is 3.72. The number of fused-ring (bicyclic) bond motifs is 1. The van der Waals surface area contributed by atoms with Crippen LogP contribution in [-0.4, -0.2) is 21.1 Å². The lowest BCUT2D eigenvalue weighted by Gasteiger charge is -2.00. The fraction of sp³-hybridized carbons (Fsp3) is 0.364. The highest BCUT2D eigenvalue weighted by Crippen LogP contribution is 2.18. The number of nitrogens with one attached hydrogen (secondary N) is 2. The van der Waals surface area contributed by atoms with Crippen LogP contribution in [0.5, 0.6) is 0 Å². The van der Waals surface area contributed by atoms with E-state index in [0.717, 1.165) is 17.5 Å². The molecule has 2 aromatic heterocycles. The van der Waals surface area contributed by atoms with Crippen molar-refractivity contribution in [3.8, 4) is 0 Å². The third-order valence-electron chi connectivity index (χ3n) is 2.30. The first-order chi connectivity index (χ1) is 7.70. The maximum Gasteiger partial charge on any atom is 0.225 e. The molecular formula is C11H14N4O. The minimum atomic E-state index is -0.0172. The van der Waals surface area contributed by atoms with Gasteiger partial charge in [-0.05, 0) is 25.5 Å². The lowest BCUT2D eigenvalue weighted by atomic mass is 10.3. The van der Waals surface area contributed by atoms with Crippen LogP contribution >= 0.6 is 0 Å². The van der Waals surface area contributed by atoms with Gasteiger partial charge in [0.1, 0.15) is 0 Å². The highest BCUT2D eigenvalue weighted by molar-refractivity contribution is 5.98. The van der Waals surface area contributed by atoms with Crippen molar-refractivity contribution >= 4 is 22.8 Å². The molecule has 2 N–H and O–H groups in total. The van der Waals surface area contributed by atoms with Gasteiger partial charge in [-0.15, -0.1) is 0 Å². The molecule has 5 heteroatoms. The third kappa shape index (κ3) is 2.03. The standard InChI is InChI=1S/C11H14N4O/c1-3-4-9(16)13-11-8-6-5-7(2)12-10(8)14-15-11/h5-6H,3-4H2,1-2H3,(H2,12,13,14,15,16). The van der Waals surface area contributed by atoms with E-state index >= 15 is 0 Å². The predicted octanol–water partition coefficient (Wildman–Crippen LogP) is 2.00. The van der Waals surface area contributed by atoms with E-state index in [-0.39, 0.29) is 5.91 Å². The molecule has 0 aromatic carbocycles. The molecule has 84 valence electrons. The zero-order valence-corrected chi connectivity index (χ0v) is 9.37. The minimum Gasteiger partial charge on any atom is -0.309 e. The molecule has 0 radical (unpaired) electrons. The molecule has 2 aromatic rings. The van der Waals surface area contributed by atoms with Crippen LogP contribution in [0.4, 0.5) is 5.82 Å². The number of aromatic nitrogens is 3. The number of pyridine rings is 1. The first-order valence-electron chi connectivity index (χ1n) is 5.32. The largest absolute Gasteiger partial charge is 0.309 e. The number of rotatable bonds is 3. The van der Waals surface area contributed by atoms with Gasteiger partial charge in [-0.3, -0.25) is 9.89 Å². The van der Waals surface area contributed by atoms with Crippen molar-refractivity contribution in [1.29, 1.82) is 0 Å². The molecule has 16 heavy (non-hydrogen) atoms. The Morgan fingerprint density at radius 3 is 3.06 bits per heavy atom. The van der Waals surface area contributed by atoms with Crippen LogP contribution in [0.15, 0.2) is 12.1 Å². The number of hydrogen-bond donors (Lipinski definition) is 2. The number of aryl methyl sites for hydroxylation is 1. The van der Waals surface area contributed by atoms with Crippen LogP contribution in [0.25, 0.3) is 11.0 Å². The average molecular weight is 218 g/mol. The number of amides is 1. The molecule has 1 amide bonds. The van der Waals surface area contributed by atoms with Gasteiger partial charge in [0.15, 0.2) is 11.5 Å². The average Bonchev–Trinajstić information content (AvgIpc) is 2.61. The zero-order chi connectivity index (χ0) is 11.5. The van der Waals surface area contributed by atoms with Crippen molar-refractivity contribution in [2.24, 2.45) is 0 Å². The summed E-state index contributed by atoms with van der Waals surface area (Å²) in [6.07, 6.45) is 1.33. The summed E-state index contributed by atoms with van der Waals surface area (Å²) in [6.45, 7) is 3.88. The van der Waals surface area contributed by atoms with Crippen LogP contribution in [0, 0.1) is 6.92 Å². The summed E-state index contributed by atoms with van der Waals surface area (Å²) in [4.78, 5) is 15.7. The van der Waals surface area contributed by atoms with Crippen molar-refractivity contribution in [1.82, 2.24) is 15.2 Å². The quantitative estimate of drug-likeness (QED) is 0.827. The van der Waals surface area contributed by atoms with E-state index in [9.17, 15) is 4.79 Å². The summed E-state index contributed by atoms with van der Waals surface area (Å²) in [5, 5.41) is 10.4. The van der Waals surface area contributed by atoms with Crippen LogP contribution in [0.2, 0.25) is 0 Å². The second kappa shape index (κ2) is 4.30. The first-order valence-corrected chi connectivity index (χ1v) is 5.32. The zero-order valence-electron chi connectivity index (χ0n) is 9.37. The van der Waals surface area contributed by atoms with Crippen LogP contribution < -0.4 is 5.32 Å². The molecule has 0 unspecified atom stereocenters. The Balaban J connectivity index is 2.28. The Labute approximate surface area is 93.3 Å². The minimum absolute atomic E-state index is 0.0172. The maximum atomic E-state index is 11.4. The van der Waals surface area contributed by atoms with Gasteiger partial charge >= 0.3 is 0 Å². The molecule has 0 aliphatic carbocycles. The van der Waals surface area contributed by atoms with Crippen molar-refractivity contribution in [3.63, 3.8) is 0 Å². The fourth-order valence-electron chi connectivity index (χ4n) is 1.52. The Kier molecular flexibility index (Phi) is 2.85. The van der Waals surface area contributed by atoms with Gasteiger partial charge in [0.05, 0.1) is 5.39 Å². The Hall–Kier alpha value is -1.91. The van der Waals surface area contributed by atoms with E-state index < -0.39 is 0 Å². The van der Waals surface area contributed by atoms with E-state index in [2.05, 4.69) is 20.5 Å². The van der Waals surface area contributed by atoms with Crippen LogP contribution in [0.1, 0.15) is 25.5 Å². The Morgan fingerprint density at radius 2 is 2.31 bits per heavy atom. The molecule has 2 heterocycles. The lowest BCUT2D eigenvalue weighted by Crippen LogP contribution is -2.11. The first kappa shape index (κ1) is 10.6. The summed E-state index contributed by atoms with van der Waals surface area (Å²) in [6, 6.07) is 3.80. The predicted molar refractivity (Wildman–Crippen MR) is 62.2 cm³/mol. The number of anilines is 1. The maximum absolute atomic E-state index is 11.4. The van der Waals surface area contributed by atoms with Gasteiger partial charge in [-0.1, -0.05) is 6.92 Å². The fourth-order valence-corrected chi connectivity index (χ4v) is 1.52. The Bertz CT molecular complexity index is 518. The molecule has 2 rings (SSSR count). The molecule has 0 saturated heterocycles. The van der Waals surface area contributed by atoms with Gasteiger partial charge in [-0.2, -0.15) is 5.10 Å². The molecule has 0 atom stereocenters. The molecule has 0 bridgehead atoms. The van der Waals surface area contributed by atoms with Crippen molar-refractivity contribution in [2.45, 2.75) is 26.7 Å². The topological polar surface area (TPSA) is 70.7 Å². The van der Waals surface area contributed by atoms with Gasteiger partial charge in [0.25, 0.3) is 0 Å². The molecule has 0 fully saturated rings. The van der Waals surface area contributed by atoms with Crippen molar-refractivity contribution < 1.29 is 4.79 Å². The third-order valence-corrected chi connectivity index (χ3v) is 2.30. The normalized spacial score (nSPS) is 10.6. The van der Waals surface area contributed by atoms with E-state index in [4.69, 9.17) is 0 Å². The van der Waals surface area contributed by atoms with Gasteiger partial charge in [0.2, 0.25) is 5.91 Å². The summed E-state index contributed by atoms with van der Waals surface area (Å²) in [5.74, 6) is 0.539. The van der Waals surface area contributed by atoms with E-state index in [1.165, 1.54) is 0 Å². The highest BCUT2D eigenvalue weighted by atomic mass is 16.1. The molecular weight excluding hydrogens is 204 g/mol. The Morgan fingerprint density at radius 1 is 1.50 bits per heavy atom. The summed E-state index contributed by atoms with van der Waals surface area (Å²) >= 11 is 0. The number of carbonyl (C=O) groups excluding carboxylic acids is 1. The molecule has 0 saturated carbocycles. The van der Waals surface area contributed by atoms with E-state index in [1.807, 2.05) is 26.0 Å². The monoisotopic (exact) mass is 218 g/mol. The van der Waals surface area contributed by atoms with Crippen molar-refractivity contribution in [3.05, 3.63) is 17.8 Å². The number of aromatic amines is 1. The molecule has 0 aliphatic rings. The number of H-pyrrole nitrogens is 1. The molecule has 0 spiro atoms. The number of hydrogen-bond acceptors (Lipinski definition) is 3. The molecule has 5 nitrogen and oxygen atoms in total. The molecule has 0 aliphatic heterocycles. The number of carbonyl (C=O) groups is 1. The summed E-state index contributed by atoms with van der Waals surface area (Å²) in [5.41, 5.74) is 1.62. The van der Waals surface area contributed by atoms with Gasteiger partial charge in [-0.25, -0.2) is 4.98 Å². The summed E-state index contributed by atoms with van der Waals surface area (Å²) < 4.78 is 0. The SMILES string of the molecule is CCCC(=O)Nc1n[nH]c2nc(C)ccc12. The number of nitrogens with zero attached hydrogens (tertiary/aromatic N) is 2. The summed E-state index contributed by atoms with van der Waals surface area (Å²) in [7, 11) is 0. The lowest BCUT2D eigenvalue weighted by molar-refractivity contribution is -0.116. The highest BCUT2D eigenvalue weighted by Gasteiger charge is 2.09. The van der Waals surface area contributed by atoms with Crippen LogP contribution in [-0.2, 0) is 4.79 Å². The van der Waals surface area contributed by atoms with E-state index in [0.29, 0.717) is 17.9 Å². The second-order valence-electron chi connectivity index (χ2n) is 3.72. The smallest absolute Gasteiger partial charge is 0.225 e. The van der Waals surface area contributed by atoms with E-state index in [1.54, 1.807) is 0 Å². The van der Waals surface area contributed by atoms with Gasteiger partial charge < -0.3 is 5.32 Å². The van der Waals surface area contributed by atoms with Crippen LogP contribution in [0.3, 0.4) is 0 Å².